The zero-order chi connectivity index (χ0) is 15.7. The Kier molecular flexibility index (Phi) is 4.52. The molecule has 2 amide bonds. The zero-order valence-electron chi connectivity index (χ0n) is 13.4. The van der Waals surface area contributed by atoms with E-state index in [9.17, 15) is 9.59 Å². The molecule has 1 aliphatic carbocycles. The van der Waals surface area contributed by atoms with Gasteiger partial charge in [0.05, 0.1) is 9.88 Å². The lowest BCUT2D eigenvalue weighted by atomic mass is 10.0. The van der Waals surface area contributed by atoms with E-state index in [-0.39, 0.29) is 17.7 Å². The largest absolute Gasteiger partial charge is 0.338 e. The first-order chi connectivity index (χ1) is 10.5. The summed E-state index contributed by atoms with van der Waals surface area (Å²) < 4.78 is 0. The Labute approximate surface area is 135 Å². The third-order valence-electron chi connectivity index (χ3n) is 4.61. The van der Waals surface area contributed by atoms with E-state index >= 15 is 0 Å². The van der Waals surface area contributed by atoms with Crippen molar-refractivity contribution in [1.29, 1.82) is 0 Å². The summed E-state index contributed by atoms with van der Waals surface area (Å²) in [6.45, 7) is 5.91. The molecule has 2 heterocycles. The Balaban J connectivity index is 1.69. The van der Waals surface area contributed by atoms with Crippen LogP contribution in [0.15, 0.2) is 6.07 Å². The highest BCUT2D eigenvalue weighted by Crippen LogP contribution is 2.33. The van der Waals surface area contributed by atoms with Gasteiger partial charge in [-0.15, -0.1) is 11.3 Å². The van der Waals surface area contributed by atoms with Gasteiger partial charge in [-0.3, -0.25) is 9.59 Å². The van der Waals surface area contributed by atoms with Crippen molar-refractivity contribution in [3.8, 4) is 0 Å². The van der Waals surface area contributed by atoms with Crippen LogP contribution in [0.1, 0.15) is 54.3 Å². The Bertz CT molecular complexity index is 577. The van der Waals surface area contributed by atoms with Gasteiger partial charge in [-0.2, -0.15) is 0 Å². The fraction of sp³-hybridized carbons (Fsp3) is 0.647. The first kappa shape index (κ1) is 15.5. The van der Waals surface area contributed by atoms with Crippen molar-refractivity contribution in [3.05, 3.63) is 16.5 Å². The van der Waals surface area contributed by atoms with E-state index in [0.29, 0.717) is 5.92 Å². The Morgan fingerprint density at radius 1 is 1.23 bits per heavy atom. The molecule has 0 spiro atoms. The highest BCUT2D eigenvalue weighted by Gasteiger charge is 2.30. The SMILES string of the molecule is Cc1cc(NC(=O)C2CC2)sc1C(=O)N1CCCC(C)CC1. The van der Waals surface area contributed by atoms with Crippen LogP contribution in [0, 0.1) is 18.8 Å². The molecule has 1 aromatic rings. The molecule has 2 fully saturated rings. The van der Waals surface area contributed by atoms with Gasteiger partial charge in [0.15, 0.2) is 0 Å². The molecule has 2 aliphatic rings. The maximum Gasteiger partial charge on any atom is 0.264 e. The van der Waals surface area contributed by atoms with Crippen LogP contribution in [0.5, 0.6) is 0 Å². The van der Waals surface area contributed by atoms with E-state index in [2.05, 4.69) is 12.2 Å². The average molecular weight is 320 g/mol. The molecule has 1 N–H and O–H groups in total. The molecule has 0 radical (unpaired) electrons. The molecule has 3 rings (SSSR count). The van der Waals surface area contributed by atoms with Gasteiger partial charge < -0.3 is 10.2 Å². The number of carbonyl (C=O) groups excluding carboxylic acids is 2. The van der Waals surface area contributed by atoms with E-state index < -0.39 is 0 Å². The van der Waals surface area contributed by atoms with Gasteiger partial charge in [0, 0.05) is 19.0 Å². The van der Waals surface area contributed by atoms with Crippen LogP contribution in [0.2, 0.25) is 0 Å². The van der Waals surface area contributed by atoms with Gasteiger partial charge >= 0.3 is 0 Å². The molecule has 1 aromatic heterocycles. The topological polar surface area (TPSA) is 49.4 Å². The maximum atomic E-state index is 12.7. The monoisotopic (exact) mass is 320 g/mol. The first-order valence-corrected chi connectivity index (χ1v) is 9.07. The fourth-order valence-electron chi connectivity index (χ4n) is 2.93. The van der Waals surface area contributed by atoms with Crippen LogP contribution in [0.3, 0.4) is 0 Å². The van der Waals surface area contributed by atoms with Crippen molar-refractivity contribution in [2.24, 2.45) is 11.8 Å². The number of nitrogens with one attached hydrogen (secondary N) is 1. The van der Waals surface area contributed by atoms with Crippen molar-refractivity contribution in [1.82, 2.24) is 4.90 Å². The van der Waals surface area contributed by atoms with Gasteiger partial charge in [-0.05, 0) is 56.6 Å². The van der Waals surface area contributed by atoms with Gasteiger partial charge in [0.25, 0.3) is 5.91 Å². The van der Waals surface area contributed by atoms with Crippen molar-refractivity contribution >= 4 is 28.2 Å². The van der Waals surface area contributed by atoms with E-state index in [1.54, 1.807) is 0 Å². The summed E-state index contributed by atoms with van der Waals surface area (Å²) in [4.78, 5) is 27.4. The summed E-state index contributed by atoms with van der Waals surface area (Å²) in [6.07, 6.45) is 5.36. The summed E-state index contributed by atoms with van der Waals surface area (Å²) in [5.74, 6) is 1.12. The summed E-state index contributed by atoms with van der Waals surface area (Å²) in [6, 6.07) is 1.93. The fourth-order valence-corrected chi connectivity index (χ4v) is 3.98. The molecule has 1 unspecified atom stereocenters. The molecule has 0 bridgehead atoms. The number of amides is 2. The van der Waals surface area contributed by atoms with Crippen molar-refractivity contribution in [2.45, 2.75) is 46.0 Å². The highest BCUT2D eigenvalue weighted by atomic mass is 32.1. The summed E-state index contributed by atoms with van der Waals surface area (Å²) >= 11 is 1.42. The number of rotatable bonds is 3. The van der Waals surface area contributed by atoms with Crippen LogP contribution < -0.4 is 5.32 Å². The van der Waals surface area contributed by atoms with Crippen LogP contribution in [0.25, 0.3) is 0 Å². The highest BCUT2D eigenvalue weighted by molar-refractivity contribution is 7.18. The Hall–Kier alpha value is -1.36. The Morgan fingerprint density at radius 2 is 2.00 bits per heavy atom. The molecule has 120 valence electrons. The second-order valence-corrected chi connectivity index (χ2v) is 7.77. The number of carbonyl (C=O) groups is 2. The van der Waals surface area contributed by atoms with Gasteiger partial charge in [-0.25, -0.2) is 0 Å². The van der Waals surface area contributed by atoms with Crippen LogP contribution in [-0.4, -0.2) is 29.8 Å². The minimum atomic E-state index is 0.101. The zero-order valence-corrected chi connectivity index (χ0v) is 14.2. The minimum Gasteiger partial charge on any atom is -0.338 e. The smallest absolute Gasteiger partial charge is 0.264 e. The second-order valence-electron chi connectivity index (χ2n) is 6.71. The second kappa shape index (κ2) is 6.41. The van der Waals surface area contributed by atoms with E-state index in [1.165, 1.54) is 17.8 Å². The number of anilines is 1. The minimum absolute atomic E-state index is 0.101. The average Bonchev–Trinajstić information content (AvgIpc) is 3.27. The molecule has 22 heavy (non-hydrogen) atoms. The molecule has 4 nitrogen and oxygen atoms in total. The molecule has 1 aliphatic heterocycles. The van der Waals surface area contributed by atoms with Gasteiger partial charge in [-0.1, -0.05) is 6.92 Å². The molecular formula is C17H24N2O2S. The molecule has 5 heteroatoms. The number of hydrogen-bond donors (Lipinski definition) is 1. The van der Waals surface area contributed by atoms with Crippen LogP contribution in [-0.2, 0) is 4.79 Å². The normalized spacial score (nSPS) is 22.3. The lowest BCUT2D eigenvalue weighted by Gasteiger charge is -2.20. The molecule has 1 saturated carbocycles. The molecular weight excluding hydrogens is 296 g/mol. The predicted molar refractivity (Wildman–Crippen MR) is 89.3 cm³/mol. The van der Waals surface area contributed by atoms with E-state index in [1.807, 2.05) is 17.9 Å². The summed E-state index contributed by atoms with van der Waals surface area (Å²) in [5, 5.41) is 3.76. The third-order valence-corrected chi connectivity index (χ3v) is 5.75. The molecule has 1 saturated heterocycles. The van der Waals surface area contributed by atoms with Crippen LogP contribution >= 0.6 is 11.3 Å². The number of nitrogens with zero attached hydrogens (tertiary/aromatic N) is 1. The summed E-state index contributed by atoms with van der Waals surface area (Å²) in [7, 11) is 0. The van der Waals surface area contributed by atoms with Gasteiger partial charge in [0.1, 0.15) is 0 Å². The van der Waals surface area contributed by atoms with Crippen molar-refractivity contribution in [3.63, 3.8) is 0 Å². The molecule has 1 atom stereocenters. The quantitative estimate of drug-likeness (QED) is 0.924. The summed E-state index contributed by atoms with van der Waals surface area (Å²) in [5.41, 5.74) is 0.971. The number of likely N-dealkylation sites (tertiary alicyclic amines) is 1. The number of hydrogen-bond acceptors (Lipinski definition) is 3. The van der Waals surface area contributed by atoms with Crippen molar-refractivity contribution in [2.75, 3.05) is 18.4 Å². The Morgan fingerprint density at radius 3 is 2.73 bits per heavy atom. The number of aryl methyl sites for hydroxylation is 1. The maximum absolute atomic E-state index is 12.7. The lowest BCUT2D eigenvalue weighted by molar-refractivity contribution is -0.117. The van der Waals surface area contributed by atoms with E-state index in [0.717, 1.165) is 54.2 Å². The van der Waals surface area contributed by atoms with Crippen molar-refractivity contribution < 1.29 is 9.59 Å². The van der Waals surface area contributed by atoms with Crippen LogP contribution in [0.4, 0.5) is 5.00 Å². The van der Waals surface area contributed by atoms with Gasteiger partial charge in [0.2, 0.25) is 5.91 Å². The molecule has 0 aromatic carbocycles. The standard InChI is InChI=1S/C17H24N2O2S/c1-11-4-3-8-19(9-7-11)17(21)15-12(2)10-14(22-15)18-16(20)13-5-6-13/h10-11,13H,3-9H2,1-2H3,(H,18,20). The predicted octanol–water partition coefficient (Wildman–Crippen LogP) is 3.67. The van der Waals surface area contributed by atoms with E-state index in [4.69, 9.17) is 0 Å². The number of thiophene rings is 1. The first-order valence-electron chi connectivity index (χ1n) is 8.25. The third kappa shape index (κ3) is 3.51. The lowest BCUT2D eigenvalue weighted by Crippen LogP contribution is -2.31.